The molecule has 2 heterocycles. The summed E-state index contributed by atoms with van der Waals surface area (Å²) in [5.74, 6) is 0.856. The molecule has 2 aromatic heterocycles. The standard InChI is InChI=1S/C10H15N5S/c1-4-5-15-9(11-12-10(15)16)8-6-7(2)13-14(8)3/h6H,4-5H2,1-3H3,(H,12,16). The van der Waals surface area contributed by atoms with Gasteiger partial charge in [-0.2, -0.15) is 10.2 Å². The molecule has 0 unspecified atom stereocenters. The summed E-state index contributed by atoms with van der Waals surface area (Å²) in [5.41, 5.74) is 1.97. The topological polar surface area (TPSA) is 51.4 Å². The maximum atomic E-state index is 5.20. The maximum absolute atomic E-state index is 5.20. The van der Waals surface area contributed by atoms with Crippen LogP contribution in [0.3, 0.4) is 0 Å². The van der Waals surface area contributed by atoms with E-state index in [1.807, 2.05) is 29.3 Å². The van der Waals surface area contributed by atoms with E-state index in [1.54, 1.807) is 0 Å². The van der Waals surface area contributed by atoms with Crippen LogP contribution in [-0.2, 0) is 13.6 Å². The monoisotopic (exact) mass is 237 g/mol. The van der Waals surface area contributed by atoms with Crippen LogP contribution in [0.5, 0.6) is 0 Å². The minimum Gasteiger partial charge on any atom is -0.299 e. The fourth-order valence-corrected chi connectivity index (χ4v) is 1.99. The number of rotatable bonds is 3. The molecule has 0 radical (unpaired) electrons. The minimum absolute atomic E-state index is 0.663. The van der Waals surface area contributed by atoms with Crippen molar-refractivity contribution in [2.45, 2.75) is 26.8 Å². The molecular weight excluding hydrogens is 222 g/mol. The van der Waals surface area contributed by atoms with Gasteiger partial charge >= 0.3 is 0 Å². The van der Waals surface area contributed by atoms with Gasteiger partial charge in [-0.25, -0.2) is 0 Å². The third-order valence-electron chi connectivity index (χ3n) is 2.44. The normalized spacial score (nSPS) is 10.9. The number of aryl methyl sites for hydroxylation is 2. The van der Waals surface area contributed by atoms with Crippen molar-refractivity contribution in [3.8, 4) is 11.5 Å². The largest absolute Gasteiger partial charge is 0.299 e. The summed E-state index contributed by atoms with van der Waals surface area (Å²) in [6.45, 7) is 4.96. The molecule has 0 aliphatic rings. The molecule has 0 spiro atoms. The zero-order valence-electron chi connectivity index (χ0n) is 9.69. The molecule has 2 rings (SSSR count). The Morgan fingerprint density at radius 1 is 1.50 bits per heavy atom. The van der Waals surface area contributed by atoms with E-state index in [0.717, 1.165) is 30.2 Å². The molecule has 5 nitrogen and oxygen atoms in total. The lowest BCUT2D eigenvalue weighted by atomic mass is 10.3. The molecule has 0 aromatic carbocycles. The van der Waals surface area contributed by atoms with Crippen molar-refractivity contribution in [1.82, 2.24) is 24.5 Å². The number of hydrogen-bond acceptors (Lipinski definition) is 3. The van der Waals surface area contributed by atoms with Crippen LogP contribution in [-0.4, -0.2) is 24.5 Å². The zero-order valence-corrected chi connectivity index (χ0v) is 10.5. The Balaban J connectivity index is 2.55. The average molecular weight is 237 g/mol. The number of H-pyrrole nitrogens is 1. The van der Waals surface area contributed by atoms with Crippen LogP contribution in [0.2, 0.25) is 0 Å². The van der Waals surface area contributed by atoms with Crippen molar-refractivity contribution in [1.29, 1.82) is 0 Å². The summed E-state index contributed by atoms with van der Waals surface area (Å²) in [7, 11) is 1.91. The van der Waals surface area contributed by atoms with Crippen LogP contribution >= 0.6 is 12.2 Å². The summed E-state index contributed by atoms with van der Waals surface area (Å²) >= 11 is 5.20. The summed E-state index contributed by atoms with van der Waals surface area (Å²) in [6.07, 6.45) is 1.03. The smallest absolute Gasteiger partial charge is 0.195 e. The number of aromatic nitrogens is 5. The van der Waals surface area contributed by atoms with E-state index in [9.17, 15) is 0 Å². The molecular formula is C10H15N5S. The molecule has 0 fully saturated rings. The molecule has 0 amide bonds. The highest BCUT2D eigenvalue weighted by Crippen LogP contribution is 2.17. The van der Waals surface area contributed by atoms with Gasteiger partial charge in [0.25, 0.3) is 0 Å². The molecule has 1 N–H and O–H groups in total. The third-order valence-corrected chi connectivity index (χ3v) is 2.75. The van der Waals surface area contributed by atoms with Crippen molar-refractivity contribution in [2.24, 2.45) is 7.05 Å². The lowest BCUT2D eigenvalue weighted by molar-refractivity contribution is 0.665. The number of hydrogen-bond donors (Lipinski definition) is 1. The van der Waals surface area contributed by atoms with Crippen molar-refractivity contribution in [3.05, 3.63) is 16.5 Å². The van der Waals surface area contributed by atoms with E-state index in [1.165, 1.54) is 0 Å². The number of aromatic amines is 1. The predicted octanol–water partition coefficient (Wildman–Crippen LogP) is 2.06. The Morgan fingerprint density at radius 3 is 2.81 bits per heavy atom. The van der Waals surface area contributed by atoms with Gasteiger partial charge in [-0.15, -0.1) is 0 Å². The highest BCUT2D eigenvalue weighted by molar-refractivity contribution is 7.71. The molecule has 0 aliphatic carbocycles. The maximum Gasteiger partial charge on any atom is 0.195 e. The molecule has 0 aliphatic heterocycles. The van der Waals surface area contributed by atoms with Gasteiger partial charge in [0, 0.05) is 13.6 Å². The summed E-state index contributed by atoms with van der Waals surface area (Å²) < 4.78 is 4.49. The van der Waals surface area contributed by atoms with Gasteiger partial charge in [0.1, 0.15) is 5.69 Å². The van der Waals surface area contributed by atoms with E-state index in [0.29, 0.717) is 4.77 Å². The highest BCUT2D eigenvalue weighted by Gasteiger charge is 2.12. The highest BCUT2D eigenvalue weighted by atomic mass is 32.1. The number of nitrogens with one attached hydrogen (secondary N) is 1. The lowest BCUT2D eigenvalue weighted by Crippen LogP contribution is -2.03. The van der Waals surface area contributed by atoms with Crippen LogP contribution in [0.15, 0.2) is 6.07 Å². The zero-order chi connectivity index (χ0) is 11.7. The molecule has 0 bridgehead atoms. The first-order valence-electron chi connectivity index (χ1n) is 5.29. The van der Waals surface area contributed by atoms with Gasteiger partial charge in [-0.1, -0.05) is 6.92 Å². The van der Waals surface area contributed by atoms with Crippen LogP contribution in [0, 0.1) is 11.7 Å². The first-order chi connectivity index (χ1) is 7.63. The first kappa shape index (κ1) is 11.1. The molecule has 6 heteroatoms. The van der Waals surface area contributed by atoms with Gasteiger partial charge in [0.15, 0.2) is 10.6 Å². The number of nitrogens with zero attached hydrogens (tertiary/aromatic N) is 4. The molecule has 86 valence electrons. The molecule has 16 heavy (non-hydrogen) atoms. The van der Waals surface area contributed by atoms with E-state index in [-0.39, 0.29) is 0 Å². The van der Waals surface area contributed by atoms with E-state index >= 15 is 0 Å². The Bertz CT molecular complexity index is 548. The van der Waals surface area contributed by atoms with Gasteiger partial charge in [0.05, 0.1) is 5.69 Å². The molecule has 0 saturated heterocycles. The second kappa shape index (κ2) is 4.21. The van der Waals surface area contributed by atoms with Crippen molar-refractivity contribution in [3.63, 3.8) is 0 Å². The third kappa shape index (κ3) is 1.80. The summed E-state index contributed by atoms with van der Waals surface area (Å²) in [6, 6.07) is 2.01. The molecule has 0 saturated carbocycles. The van der Waals surface area contributed by atoms with E-state index in [4.69, 9.17) is 12.2 Å². The van der Waals surface area contributed by atoms with Gasteiger partial charge < -0.3 is 0 Å². The second-order valence-electron chi connectivity index (χ2n) is 3.80. The Labute approximate surface area is 99.1 Å². The SMILES string of the molecule is CCCn1c(-c2cc(C)nn2C)n[nH]c1=S. The predicted molar refractivity (Wildman–Crippen MR) is 64.6 cm³/mol. The molecule has 0 atom stereocenters. The Kier molecular flexibility index (Phi) is 2.91. The Morgan fingerprint density at radius 2 is 2.25 bits per heavy atom. The minimum atomic E-state index is 0.663. The molecule has 2 aromatic rings. The quantitative estimate of drug-likeness (QED) is 0.831. The average Bonchev–Trinajstić information content (AvgIpc) is 2.73. The first-order valence-corrected chi connectivity index (χ1v) is 5.70. The second-order valence-corrected chi connectivity index (χ2v) is 4.19. The fraction of sp³-hybridized carbons (Fsp3) is 0.500. The van der Waals surface area contributed by atoms with Crippen molar-refractivity contribution >= 4 is 12.2 Å². The summed E-state index contributed by atoms with van der Waals surface area (Å²) in [5, 5.41) is 11.4. The summed E-state index contributed by atoms with van der Waals surface area (Å²) in [4.78, 5) is 0. The van der Waals surface area contributed by atoms with Gasteiger partial charge in [0.2, 0.25) is 0 Å². The van der Waals surface area contributed by atoms with Crippen molar-refractivity contribution < 1.29 is 0 Å². The van der Waals surface area contributed by atoms with Crippen LogP contribution in [0.4, 0.5) is 0 Å². The van der Waals surface area contributed by atoms with Crippen LogP contribution < -0.4 is 0 Å². The van der Waals surface area contributed by atoms with Gasteiger partial charge in [-0.05, 0) is 31.6 Å². The lowest BCUT2D eigenvalue weighted by Gasteiger charge is -2.04. The van der Waals surface area contributed by atoms with E-state index in [2.05, 4.69) is 22.2 Å². The van der Waals surface area contributed by atoms with E-state index < -0.39 is 0 Å². The Hall–Kier alpha value is -1.43. The van der Waals surface area contributed by atoms with Crippen LogP contribution in [0.1, 0.15) is 19.0 Å². The van der Waals surface area contributed by atoms with Crippen LogP contribution in [0.25, 0.3) is 11.5 Å². The fourth-order valence-electron chi connectivity index (χ4n) is 1.76. The van der Waals surface area contributed by atoms with Crippen molar-refractivity contribution in [2.75, 3.05) is 0 Å². The van der Waals surface area contributed by atoms with Gasteiger partial charge in [-0.3, -0.25) is 14.3 Å².